The highest BCUT2D eigenvalue weighted by Gasteiger charge is 2.38. The first-order valence-electron chi connectivity index (χ1n) is 11.0. The van der Waals surface area contributed by atoms with Crippen molar-refractivity contribution in [3.05, 3.63) is 48.3 Å². The maximum atomic E-state index is 14.4. The Kier molecular flexibility index (Phi) is 8.29. The van der Waals surface area contributed by atoms with Crippen molar-refractivity contribution in [1.82, 2.24) is 9.21 Å². The largest absolute Gasteiger partial charge is 0.487 e. The standard InChI is InChI=1S/C24H31FN2O6S/c1-16-12-27(17(2)14-28)34(30,31)23-10-9-18(19-7-5-6-8-20(19)25)11-21(23)33-22(16)13-26(3)24(29)15-32-4/h5-11,16-17,22,28H,12-15H2,1-4H3/t16-,17+,22+/m1/s1. The number of hydrogen-bond acceptors (Lipinski definition) is 6. The Morgan fingerprint density at radius 3 is 2.68 bits per heavy atom. The predicted octanol–water partition coefficient (Wildman–Crippen LogP) is 2.37. The Hall–Kier alpha value is -2.53. The number of amides is 1. The van der Waals surface area contributed by atoms with Gasteiger partial charge in [-0.25, -0.2) is 12.8 Å². The average molecular weight is 495 g/mol. The van der Waals surface area contributed by atoms with Crippen LogP contribution in [0.4, 0.5) is 4.39 Å². The molecule has 1 heterocycles. The zero-order chi connectivity index (χ0) is 25.0. The van der Waals surface area contributed by atoms with E-state index in [0.717, 1.165) is 0 Å². The van der Waals surface area contributed by atoms with Crippen LogP contribution in [0.25, 0.3) is 11.1 Å². The van der Waals surface area contributed by atoms with Gasteiger partial charge < -0.3 is 19.5 Å². The molecule has 186 valence electrons. The molecule has 2 aromatic rings. The second-order valence-electron chi connectivity index (χ2n) is 8.59. The van der Waals surface area contributed by atoms with Gasteiger partial charge in [0.2, 0.25) is 15.9 Å². The molecule has 1 aliphatic rings. The van der Waals surface area contributed by atoms with E-state index in [2.05, 4.69) is 0 Å². The molecule has 1 amide bonds. The van der Waals surface area contributed by atoms with E-state index in [4.69, 9.17) is 9.47 Å². The van der Waals surface area contributed by atoms with Crippen molar-refractivity contribution in [3.8, 4) is 16.9 Å². The lowest BCUT2D eigenvalue weighted by Gasteiger charge is -2.37. The summed E-state index contributed by atoms with van der Waals surface area (Å²) < 4.78 is 53.9. The van der Waals surface area contributed by atoms with Gasteiger partial charge in [0.15, 0.2) is 0 Å². The van der Waals surface area contributed by atoms with Gasteiger partial charge in [-0.15, -0.1) is 0 Å². The van der Waals surface area contributed by atoms with Crippen LogP contribution in [0.2, 0.25) is 0 Å². The van der Waals surface area contributed by atoms with Crippen LogP contribution >= 0.6 is 0 Å². The number of benzene rings is 2. The SMILES string of the molecule is COCC(=O)N(C)C[C@@H]1Oc2cc(-c3ccccc3F)ccc2S(=O)(=O)N([C@@H](C)CO)C[C@H]1C. The molecule has 34 heavy (non-hydrogen) atoms. The van der Waals surface area contributed by atoms with E-state index in [9.17, 15) is 22.7 Å². The van der Waals surface area contributed by atoms with Gasteiger partial charge in [0, 0.05) is 38.2 Å². The number of methoxy groups -OCH3 is 1. The third-order valence-corrected chi connectivity index (χ3v) is 8.02. The molecule has 0 saturated carbocycles. The van der Waals surface area contributed by atoms with Gasteiger partial charge >= 0.3 is 0 Å². The summed E-state index contributed by atoms with van der Waals surface area (Å²) in [4.78, 5) is 13.7. The summed E-state index contributed by atoms with van der Waals surface area (Å²) in [6, 6.07) is 9.98. The monoisotopic (exact) mass is 494 g/mol. The molecular formula is C24H31FN2O6S. The van der Waals surface area contributed by atoms with Crippen LogP contribution in [-0.2, 0) is 19.6 Å². The van der Waals surface area contributed by atoms with Crippen LogP contribution in [0.3, 0.4) is 0 Å². The molecule has 0 radical (unpaired) electrons. The molecular weight excluding hydrogens is 463 g/mol. The summed E-state index contributed by atoms with van der Waals surface area (Å²) in [6.07, 6.45) is -0.565. The van der Waals surface area contributed by atoms with Crippen molar-refractivity contribution in [1.29, 1.82) is 0 Å². The first-order valence-corrected chi connectivity index (χ1v) is 12.4. The van der Waals surface area contributed by atoms with Crippen molar-refractivity contribution < 1.29 is 32.2 Å². The predicted molar refractivity (Wildman–Crippen MR) is 125 cm³/mol. The van der Waals surface area contributed by atoms with Crippen LogP contribution in [0.1, 0.15) is 13.8 Å². The number of likely N-dealkylation sites (N-methyl/N-ethyl adjacent to an activating group) is 1. The zero-order valence-corrected chi connectivity index (χ0v) is 20.6. The molecule has 3 atom stereocenters. The molecule has 10 heteroatoms. The molecule has 1 N–H and O–H groups in total. The molecule has 0 unspecified atom stereocenters. The van der Waals surface area contributed by atoms with Crippen molar-refractivity contribution in [2.75, 3.05) is 40.5 Å². The number of fused-ring (bicyclic) bond motifs is 1. The third kappa shape index (κ3) is 5.41. The van der Waals surface area contributed by atoms with E-state index >= 15 is 0 Å². The van der Waals surface area contributed by atoms with Crippen LogP contribution in [-0.4, -0.2) is 81.2 Å². The average Bonchev–Trinajstić information content (AvgIpc) is 2.81. The number of carbonyl (C=O) groups excluding carboxylic acids is 1. The third-order valence-electron chi connectivity index (χ3n) is 6.00. The summed E-state index contributed by atoms with van der Waals surface area (Å²) in [7, 11) is -0.965. The number of carbonyl (C=O) groups is 1. The van der Waals surface area contributed by atoms with Gasteiger partial charge in [-0.2, -0.15) is 4.31 Å². The van der Waals surface area contributed by atoms with E-state index in [1.54, 1.807) is 32.2 Å². The van der Waals surface area contributed by atoms with Gasteiger partial charge in [-0.05, 0) is 30.7 Å². The minimum Gasteiger partial charge on any atom is -0.487 e. The number of aliphatic hydroxyl groups is 1. The maximum Gasteiger partial charge on any atom is 0.248 e. The Balaban J connectivity index is 2.11. The number of ether oxygens (including phenoxy) is 2. The Morgan fingerprint density at radius 2 is 2.03 bits per heavy atom. The van der Waals surface area contributed by atoms with E-state index in [1.165, 1.54) is 40.6 Å². The number of hydrogen-bond donors (Lipinski definition) is 1. The van der Waals surface area contributed by atoms with E-state index in [0.29, 0.717) is 11.1 Å². The quantitative estimate of drug-likeness (QED) is 0.635. The number of aliphatic hydroxyl groups excluding tert-OH is 1. The van der Waals surface area contributed by atoms with E-state index < -0.39 is 28.0 Å². The molecule has 3 rings (SSSR count). The van der Waals surface area contributed by atoms with Crippen LogP contribution in [0, 0.1) is 11.7 Å². The second kappa shape index (κ2) is 10.8. The number of nitrogens with zero attached hydrogens (tertiary/aromatic N) is 2. The summed E-state index contributed by atoms with van der Waals surface area (Å²) in [5.41, 5.74) is 0.774. The minimum absolute atomic E-state index is 0.0695. The summed E-state index contributed by atoms with van der Waals surface area (Å²) >= 11 is 0. The van der Waals surface area contributed by atoms with E-state index in [-0.39, 0.29) is 48.8 Å². The highest BCUT2D eigenvalue weighted by molar-refractivity contribution is 7.89. The Bertz CT molecular complexity index is 1130. The van der Waals surface area contributed by atoms with Crippen molar-refractivity contribution >= 4 is 15.9 Å². The fourth-order valence-electron chi connectivity index (χ4n) is 3.91. The first kappa shape index (κ1) is 26.1. The molecule has 8 nitrogen and oxygen atoms in total. The van der Waals surface area contributed by atoms with Gasteiger partial charge in [-0.1, -0.05) is 31.2 Å². The van der Waals surface area contributed by atoms with Crippen LogP contribution in [0.5, 0.6) is 5.75 Å². The highest BCUT2D eigenvalue weighted by atomic mass is 32.2. The normalized spacial score (nSPS) is 21.0. The molecule has 0 spiro atoms. The van der Waals surface area contributed by atoms with Crippen LogP contribution < -0.4 is 4.74 Å². The smallest absolute Gasteiger partial charge is 0.248 e. The lowest BCUT2D eigenvalue weighted by Crippen LogP contribution is -2.50. The molecule has 0 saturated heterocycles. The maximum absolute atomic E-state index is 14.4. The topological polar surface area (TPSA) is 96.4 Å². The van der Waals surface area contributed by atoms with Crippen LogP contribution in [0.15, 0.2) is 47.4 Å². The van der Waals surface area contributed by atoms with Crippen molar-refractivity contribution in [2.45, 2.75) is 30.9 Å². The van der Waals surface area contributed by atoms with Crippen molar-refractivity contribution in [3.63, 3.8) is 0 Å². The number of halogens is 1. The van der Waals surface area contributed by atoms with Crippen molar-refractivity contribution in [2.24, 2.45) is 5.92 Å². The summed E-state index contributed by atoms with van der Waals surface area (Å²) in [5.74, 6) is -0.942. The summed E-state index contributed by atoms with van der Waals surface area (Å²) in [6.45, 7) is 3.30. The fourth-order valence-corrected chi connectivity index (χ4v) is 5.74. The molecule has 1 aliphatic heterocycles. The zero-order valence-electron chi connectivity index (χ0n) is 19.8. The van der Waals surface area contributed by atoms with Gasteiger partial charge in [0.1, 0.15) is 29.2 Å². The first-order chi connectivity index (χ1) is 16.1. The summed E-state index contributed by atoms with van der Waals surface area (Å²) in [5, 5.41) is 9.74. The molecule has 0 aliphatic carbocycles. The van der Waals surface area contributed by atoms with Gasteiger partial charge in [0.05, 0.1) is 13.2 Å². The Morgan fingerprint density at radius 1 is 1.32 bits per heavy atom. The molecule has 0 aromatic heterocycles. The second-order valence-corrected chi connectivity index (χ2v) is 10.4. The lowest BCUT2D eigenvalue weighted by atomic mass is 10.0. The number of sulfonamides is 1. The lowest BCUT2D eigenvalue weighted by molar-refractivity contribution is -0.135. The number of rotatable bonds is 7. The molecule has 0 fully saturated rings. The molecule has 0 bridgehead atoms. The Labute approximate surface area is 199 Å². The fraction of sp³-hybridized carbons (Fsp3) is 0.458. The van der Waals surface area contributed by atoms with Gasteiger partial charge in [0.25, 0.3) is 0 Å². The van der Waals surface area contributed by atoms with Gasteiger partial charge in [-0.3, -0.25) is 4.79 Å². The highest BCUT2D eigenvalue weighted by Crippen LogP contribution is 2.37. The molecule has 2 aromatic carbocycles. The van der Waals surface area contributed by atoms with E-state index in [1.807, 2.05) is 6.92 Å². The minimum atomic E-state index is -4.02.